The van der Waals surface area contributed by atoms with Gasteiger partial charge in [-0.2, -0.15) is 0 Å². The zero-order chi connectivity index (χ0) is 12.3. The first-order valence-electron chi connectivity index (χ1n) is 5.23. The molecular weight excluding hydrogens is 206 g/mol. The lowest BCUT2D eigenvalue weighted by atomic mass is 10.0. The number of carbonyl (C=O) groups is 2. The van der Waals surface area contributed by atoms with Crippen LogP contribution in [0.4, 0.5) is 0 Å². The van der Waals surface area contributed by atoms with Crippen LogP contribution in [-0.2, 0) is 16.0 Å². The Hall–Kier alpha value is -1.58. The lowest BCUT2D eigenvalue weighted by Gasteiger charge is -2.01. The number of aromatic amines is 1. The summed E-state index contributed by atoms with van der Waals surface area (Å²) < 4.78 is 4.59. The molecule has 0 fully saturated rings. The average Bonchev–Trinajstić information content (AvgIpc) is 2.51. The van der Waals surface area contributed by atoms with E-state index in [0.29, 0.717) is 18.5 Å². The van der Waals surface area contributed by atoms with Gasteiger partial charge in [0, 0.05) is 19.0 Å². The molecule has 0 aliphatic carbocycles. The van der Waals surface area contributed by atoms with Crippen molar-refractivity contribution in [3.05, 3.63) is 22.5 Å². The fraction of sp³-hybridized carbons (Fsp3) is 0.500. The summed E-state index contributed by atoms with van der Waals surface area (Å²) in [6, 6.07) is 0. The summed E-state index contributed by atoms with van der Waals surface area (Å²) in [4.78, 5) is 25.4. The molecule has 0 aliphatic heterocycles. The van der Waals surface area contributed by atoms with Crippen molar-refractivity contribution in [2.45, 2.75) is 33.6 Å². The fourth-order valence-corrected chi connectivity index (χ4v) is 1.85. The van der Waals surface area contributed by atoms with Crippen molar-refractivity contribution in [2.75, 3.05) is 7.11 Å². The Morgan fingerprint density at radius 3 is 2.38 bits per heavy atom. The van der Waals surface area contributed by atoms with Gasteiger partial charge in [-0.15, -0.1) is 0 Å². The number of esters is 1. The number of rotatable bonds is 4. The minimum absolute atomic E-state index is 0.0184. The van der Waals surface area contributed by atoms with Gasteiger partial charge in [0.1, 0.15) is 0 Å². The Morgan fingerprint density at radius 2 is 1.94 bits per heavy atom. The van der Waals surface area contributed by atoms with Gasteiger partial charge in [-0.1, -0.05) is 0 Å². The number of Topliss-reactive ketones (excluding diaryl/α,β-unsaturated/α-hetero) is 1. The molecule has 0 spiro atoms. The van der Waals surface area contributed by atoms with E-state index in [1.807, 2.05) is 13.8 Å². The number of ether oxygens (including phenoxy) is 1. The molecule has 0 unspecified atom stereocenters. The highest BCUT2D eigenvalue weighted by molar-refractivity contribution is 5.94. The van der Waals surface area contributed by atoms with Crippen LogP contribution in [0.2, 0.25) is 0 Å². The van der Waals surface area contributed by atoms with Gasteiger partial charge in [0.2, 0.25) is 0 Å². The molecule has 0 aromatic carbocycles. The highest BCUT2D eigenvalue weighted by Gasteiger charge is 2.15. The molecule has 0 radical (unpaired) electrons. The standard InChI is InChI=1S/C12H17NO3/c1-7-10(5-6-11(15)16-4)8(2)13-12(7)9(3)14/h13H,5-6H2,1-4H3. The van der Waals surface area contributed by atoms with E-state index in [1.54, 1.807) is 0 Å². The molecule has 0 amide bonds. The molecule has 4 heteroatoms. The van der Waals surface area contributed by atoms with Crippen LogP contribution < -0.4 is 0 Å². The Kier molecular flexibility index (Phi) is 3.88. The van der Waals surface area contributed by atoms with E-state index >= 15 is 0 Å². The van der Waals surface area contributed by atoms with Crippen LogP contribution in [-0.4, -0.2) is 23.8 Å². The van der Waals surface area contributed by atoms with E-state index in [4.69, 9.17) is 0 Å². The molecule has 0 atom stereocenters. The Morgan fingerprint density at radius 1 is 1.31 bits per heavy atom. The minimum atomic E-state index is -0.232. The number of hydrogen-bond acceptors (Lipinski definition) is 3. The number of aromatic nitrogens is 1. The number of methoxy groups -OCH3 is 1. The number of ketones is 1. The monoisotopic (exact) mass is 223 g/mol. The third-order valence-corrected chi connectivity index (χ3v) is 2.75. The number of carbonyl (C=O) groups excluding carboxylic acids is 2. The van der Waals surface area contributed by atoms with Gasteiger partial charge in [-0.25, -0.2) is 0 Å². The second kappa shape index (κ2) is 4.96. The van der Waals surface area contributed by atoms with Crippen LogP contribution in [0.3, 0.4) is 0 Å². The van der Waals surface area contributed by atoms with E-state index in [0.717, 1.165) is 16.8 Å². The SMILES string of the molecule is COC(=O)CCc1c(C)[nH]c(C(C)=O)c1C. The highest BCUT2D eigenvalue weighted by Crippen LogP contribution is 2.19. The fourth-order valence-electron chi connectivity index (χ4n) is 1.85. The second-order valence-corrected chi connectivity index (χ2v) is 3.86. The topological polar surface area (TPSA) is 59.2 Å². The molecule has 1 N–H and O–H groups in total. The van der Waals surface area contributed by atoms with E-state index in [2.05, 4.69) is 9.72 Å². The molecule has 0 saturated heterocycles. The highest BCUT2D eigenvalue weighted by atomic mass is 16.5. The Bertz CT molecular complexity index is 418. The van der Waals surface area contributed by atoms with Gasteiger partial charge in [0.05, 0.1) is 12.8 Å². The van der Waals surface area contributed by atoms with Crippen molar-refractivity contribution in [3.8, 4) is 0 Å². The molecule has 88 valence electrons. The number of nitrogens with one attached hydrogen (secondary N) is 1. The first-order valence-corrected chi connectivity index (χ1v) is 5.23. The van der Waals surface area contributed by atoms with Crippen LogP contribution in [0.25, 0.3) is 0 Å². The third-order valence-electron chi connectivity index (χ3n) is 2.75. The maximum absolute atomic E-state index is 11.3. The van der Waals surface area contributed by atoms with E-state index < -0.39 is 0 Å². The molecule has 1 heterocycles. The van der Waals surface area contributed by atoms with Crippen molar-refractivity contribution in [2.24, 2.45) is 0 Å². The summed E-state index contributed by atoms with van der Waals surface area (Å²) in [5.74, 6) is -0.214. The zero-order valence-corrected chi connectivity index (χ0v) is 10.1. The lowest BCUT2D eigenvalue weighted by Crippen LogP contribution is -2.03. The summed E-state index contributed by atoms with van der Waals surface area (Å²) in [5, 5.41) is 0. The summed E-state index contributed by atoms with van der Waals surface area (Å²) in [6.07, 6.45) is 0.946. The van der Waals surface area contributed by atoms with Gasteiger partial charge in [0.15, 0.2) is 5.78 Å². The lowest BCUT2D eigenvalue weighted by molar-refractivity contribution is -0.140. The first-order chi connectivity index (χ1) is 7.47. The van der Waals surface area contributed by atoms with E-state index in [1.165, 1.54) is 14.0 Å². The van der Waals surface area contributed by atoms with Crippen molar-refractivity contribution in [1.29, 1.82) is 0 Å². The van der Waals surface area contributed by atoms with Crippen LogP contribution in [0.5, 0.6) is 0 Å². The molecular formula is C12H17NO3. The van der Waals surface area contributed by atoms with Crippen LogP contribution >= 0.6 is 0 Å². The number of aryl methyl sites for hydroxylation is 1. The largest absolute Gasteiger partial charge is 0.469 e. The third kappa shape index (κ3) is 2.51. The molecule has 0 aliphatic rings. The molecule has 16 heavy (non-hydrogen) atoms. The van der Waals surface area contributed by atoms with Crippen molar-refractivity contribution >= 4 is 11.8 Å². The quantitative estimate of drug-likeness (QED) is 0.626. The predicted molar refractivity (Wildman–Crippen MR) is 60.6 cm³/mol. The van der Waals surface area contributed by atoms with Gasteiger partial charge >= 0.3 is 5.97 Å². The van der Waals surface area contributed by atoms with Gasteiger partial charge in [-0.3, -0.25) is 9.59 Å². The van der Waals surface area contributed by atoms with Crippen LogP contribution in [0, 0.1) is 13.8 Å². The molecule has 4 nitrogen and oxygen atoms in total. The normalized spacial score (nSPS) is 10.2. The smallest absolute Gasteiger partial charge is 0.305 e. The number of hydrogen-bond donors (Lipinski definition) is 1. The van der Waals surface area contributed by atoms with Crippen molar-refractivity contribution in [1.82, 2.24) is 4.98 Å². The summed E-state index contributed by atoms with van der Waals surface area (Å²) >= 11 is 0. The summed E-state index contributed by atoms with van der Waals surface area (Å²) in [7, 11) is 1.38. The molecule has 0 bridgehead atoms. The second-order valence-electron chi connectivity index (χ2n) is 3.86. The maximum Gasteiger partial charge on any atom is 0.305 e. The molecule has 1 aromatic heterocycles. The molecule has 1 aromatic rings. The Balaban J connectivity index is 2.88. The minimum Gasteiger partial charge on any atom is -0.469 e. The van der Waals surface area contributed by atoms with Crippen LogP contribution in [0.1, 0.15) is 40.7 Å². The number of H-pyrrole nitrogens is 1. The first kappa shape index (κ1) is 12.5. The van der Waals surface area contributed by atoms with Gasteiger partial charge < -0.3 is 9.72 Å². The van der Waals surface area contributed by atoms with Gasteiger partial charge in [-0.05, 0) is 31.4 Å². The average molecular weight is 223 g/mol. The van der Waals surface area contributed by atoms with E-state index in [-0.39, 0.29) is 11.8 Å². The van der Waals surface area contributed by atoms with Gasteiger partial charge in [0.25, 0.3) is 0 Å². The molecule has 1 rings (SSSR count). The molecule has 0 saturated carbocycles. The van der Waals surface area contributed by atoms with Crippen molar-refractivity contribution < 1.29 is 14.3 Å². The summed E-state index contributed by atoms with van der Waals surface area (Å²) in [5.41, 5.74) is 3.56. The maximum atomic E-state index is 11.3. The predicted octanol–water partition coefficient (Wildman–Crippen LogP) is 1.94. The summed E-state index contributed by atoms with van der Waals surface area (Å²) in [6.45, 7) is 5.33. The van der Waals surface area contributed by atoms with E-state index in [9.17, 15) is 9.59 Å². The van der Waals surface area contributed by atoms with Crippen LogP contribution in [0.15, 0.2) is 0 Å². The zero-order valence-electron chi connectivity index (χ0n) is 10.1. The Labute approximate surface area is 95.0 Å². The van der Waals surface area contributed by atoms with Crippen molar-refractivity contribution in [3.63, 3.8) is 0 Å².